The predicted molar refractivity (Wildman–Crippen MR) is 110 cm³/mol. The third kappa shape index (κ3) is 9.08. The molecule has 0 aromatic heterocycles. The molecule has 1 saturated heterocycles. The summed E-state index contributed by atoms with van der Waals surface area (Å²) in [6, 6.07) is 0.522. The van der Waals surface area contributed by atoms with Gasteiger partial charge in [0.1, 0.15) is 0 Å². The van der Waals surface area contributed by atoms with Gasteiger partial charge in [-0.15, -0.1) is 0 Å². The van der Waals surface area contributed by atoms with E-state index in [-0.39, 0.29) is 0 Å². The zero-order chi connectivity index (χ0) is 19.7. The summed E-state index contributed by atoms with van der Waals surface area (Å²) in [5, 5.41) is 0. The van der Waals surface area contributed by atoms with Crippen LogP contribution >= 0.6 is 7.37 Å². The van der Waals surface area contributed by atoms with Crippen molar-refractivity contribution in [3.05, 3.63) is 0 Å². The van der Waals surface area contributed by atoms with E-state index in [1.54, 1.807) is 0 Å². The average Bonchev–Trinajstić information content (AvgIpc) is 2.53. The van der Waals surface area contributed by atoms with E-state index in [1.807, 2.05) is 20.8 Å². The fourth-order valence-corrected chi connectivity index (χ4v) is 13.1. The molecule has 0 aromatic carbocycles. The molecule has 0 spiro atoms. The first-order valence-corrected chi connectivity index (χ1v) is 17.0. The van der Waals surface area contributed by atoms with Gasteiger partial charge in [-0.25, -0.2) is 0 Å². The molecular weight excluding hydrogens is 389 g/mol. The maximum atomic E-state index is 13.7. The van der Waals surface area contributed by atoms with Gasteiger partial charge in [-0.05, 0) is 40.4 Å². The number of hydrogen-bond donors (Lipinski definition) is 0. The number of morpholine rings is 1. The highest BCUT2D eigenvalue weighted by molar-refractivity contribution is 7.60. The van der Waals surface area contributed by atoms with Gasteiger partial charge >= 0.3 is 8.80 Å². The molecule has 10 heteroatoms. The Labute approximate surface area is 161 Å². The van der Waals surface area contributed by atoms with E-state index < -0.39 is 24.5 Å². The summed E-state index contributed by atoms with van der Waals surface area (Å²) in [6.07, 6.45) is 0.899. The Morgan fingerprint density at radius 1 is 0.962 bits per heavy atom. The van der Waals surface area contributed by atoms with E-state index in [0.29, 0.717) is 51.5 Å². The van der Waals surface area contributed by atoms with Crippen molar-refractivity contribution in [1.29, 1.82) is 0 Å². The van der Waals surface area contributed by atoms with E-state index in [1.165, 1.54) is 0 Å². The molecule has 7 nitrogen and oxygen atoms in total. The van der Waals surface area contributed by atoms with Gasteiger partial charge in [-0.2, -0.15) is 0 Å². The van der Waals surface area contributed by atoms with E-state index in [2.05, 4.69) is 24.5 Å². The minimum atomic E-state index is -2.85. The summed E-state index contributed by atoms with van der Waals surface area (Å²) < 4.78 is 43.1. The monoisotopic (exact) mass is 427 g/mol. The quantitative estimate of drug-likeness (QED) is 0.329. The largest absolute Gasteiger partial charge is 0.501 e. The number of rotatable bonds is 13. The van der Waals surface area contributed by atoms with Crippen LogP contribution in [0.3, 0.4) is 0 Å². The van der Waals surface area contributed by atoms with E-state index in [0.717, 1.165) is 13.1 Å². The molecule has 0 bridgehead atoms. The molecule has 1 fully saturated rings. The maximum Gasteiger partial charge on any atom is 0.501 e. The standard InChI is InChI=1S/C16H38NO6PSi2/c1-7-20-26(21-8-2,22-9-3)15-14-24(18,23-25(4,5)6)16-17-10-12-19-13-11-17/h7-16H2,1-6H3. The minimum Gasteiger partial charge on any atom is -0.379 e. The van der Waals surface area contributed by atoms with Crippen LogP contribution in [-0.4, -0.2) is 80.6 Å². The molecule has 1 atom stereocenters. The molecule has 0 aromatic rings. The fraction of sp³-hybridized carbons (Fsp3) is 1.00. The van der Waals surface area contributed by atoms with E-state index in [9.17, 15) is 4.57 Å². The minimum absolute atomic E-state index is 0.431. The van der Waals surface area contributed by atoms with Gasteiger partial charge in [0.05, 0.1) is 19.5 Å². The molecule has 1 aliphatic rings. The second-order valence-corrected chi connectivity index (χ2v) is 17.4. The van der Waals surface area contributed by atoms with Gasteiger partial charge in [0.2, 0.25) is 7.37 Å². The summed E-state index contributed by atoms with van der Waals surface area (Å²) in [4.78, 5) is 2.19. The first-order valence-electron chi connectivity index (χ1n) is 9.68. The number of nitrogens with zero attached hydrogens (tertiary/aromatic N) is 1. The third-order valence-corrected chi connectivity index (χ3v) is 12.5. The second-order valence-electron chi connectivity index (χ2n) is 7.35. The van der Waals surface area contributed by atoms with Crippen LogP contribution in [0.25, 0.3) is 0 Å². The molecule has 26 heavy (non-hydrogen) atoms. The highest BCUT2D eigenvalue weighted by Crippen LogP contribution is 2.51. The Morgan fingerprint density at radius 3 is 1.88 bits per heavy atom. The molecule has 0 N–H and O–H groups in total. The molecule has 0 radical (unpaired) electrons. The van der Waals surface area contributed by atoms with Crippen LogP contribution in [0.4, 0.5) is 0 Å². The Balaban J connectivity index is 2.89. The van der Waals surface area contributed by atoms with Crippen molar-refractivity contribution < 1.29 is 26.8 Å². The van der Waals surface area contributed by atoms with Crippen LogP contribution < -0.4 is 0 Å². The summed E-state index contributed by atoms with van der Waals surface area (Å²) in [5.41, 5.74) is 0. The normalized spacial score (nSPS) is 19.5. The van der Waals surface area contributed by atoms with Crippen molar-refractivity contribution >= 4 is 24.5 Å². The smallest absolute Gasteiger partial charge is 0.379 e. The lowest BCUT2D eigenvalue weighted by Crippen LogP contribution is -2.47. The first-order chi connectivity index (χ1) is 12.2. The molecule has 1 unspecified atom stereocenters. The zero-order valence-electron chi connectivity index (χ0n) is 17.4. The van der Waals surface area contributed by atoms with Crippen LogP contribution in [0, 0.1) is 0 Å². The Morgan fingerprint density at radius 2 is 1.46 bits per heavy atom. The van der Waals surface area contributed by atoms with Crippen LogP contribution in [-0.2, 0) is 26.8 Å². The van der Waals surface area contributed by atoms with Crippen molar-refractivity contribution in [3.8, 4) is 0 Å². The predicted octanol–water partition coefficient (Wildman–Crippen LogP) is 3.45. The molecule has 156 valence electrons. The van der Waals surface area contributed by atoms with Crippen LogP contribution in [0.2, 0.25) is 25.7 Å². The van der Waals surface area contributed by atoms with Gasteiger partial charge in [0.25, 0.3) is 0 Å². The lowest BCUT2D eigenvalue weighted by Gasteiger charge is -2.35. The topological polar surface area (TPSA) is 66.5 Å². The van der Waals surface area contributed by atoms with Crippen molar-refractivity contribution in [2.45, 2.75) is 46.5 Å². The van der Waals surface area contributed by atoms with Crippen molar-refractivity contribution in [1.82, 2.24) is 4.90 Å². The molecule has 0 amide bonds. The Hall–Kier alpha value is 0.424. The maximum absolute atomic E-state index is 13.7. The molecule has 1 rings (SSSR count). The number of ether oxygens (including phenoxy) is 1. The lowest BCUT2D eigenvalue weighted by molar-refractivity contribution is 0.0453. The summed E-state index contributed by atoms with van der Waals surface area (Å²) >= 11 is 0. The van der Waals surface area contributed by atoms with Gasteiger partial charge in [-0.3, -0.25) is 9.46 Å². The first kappa shape index (κ1) is 24.5. The van der Waals surface area contributed by atoms with Crippen molar-refractivity contribution in [2.24, 2.45) is 0 Å². The number of hydrogen-bond acceptors (Lipinski definition) is 7. The lowest BCUT2D eigenvalue weighted by atomic mass is 10.5. The van der Waals surface area contributed by atoms with Crippen LogP contribution in [0.1, 0.15) is 20.8 Å². The highest BCUT2D eigenvalue weighted by atomic mass is 31.2. The van der Waals surface area contributed by atoms with Crippen LogP contribution in [0.15, 0.2) is 0 Å². The molecular formula is C16H38NO6PSi2. The average molecular weight is 428 g/mol. The van der Waals surface area contributed by atoms with Crippen molar-refractivity contribution in [3.63, 3.8) is 0 Å². The molecule has 1 aliphatic heterocycles. The van der Waals surface area contributed by atoms with E-state index >= 15 is 0 Å². The second kappa shape index (κ2) is 11.4. The molecule has 1 heterocycles. The van der Waals surface area contributed by atoms with E-state index in [4.69, 9.17) is 22.2 Å². The zero-order valence-corrected chi connectivity index (χ0v) is 20.3. The van der Waals surface area contributed by atoms with Crippen LogP contribution in [0.5, 0.6) is 0 Å². The summed E-state index contributed by atoms with van der Waals surface area (Å²) in [7, 11) is -7.63. The SMILES string of the molecule is CCO[Si](CCP(=O)(CN1CCOCC1)O[Si](C)(C)C)(OCC)OCC. The van der Waals surface area contributed by atoms with Gasteiger partial charge in [0.15, 0.2) is 8.32 Å². The summed E-state index contributed by atoms with van der Waals surface area (Å²) in [5.74, 6) is 0. The highest BCUT2D eigenvalue weighted by Gasteiger charge is 2.44. The van der Waals surface area contributed by atoms with Gasteiger partial charge in [0, 0.05) is 45.1 Å². The fourth-order valence-electron chi connectivity index (χ4n) is 3.00. The molecule has 0 saturated carbocycles. The molecule has 0 aliphatic carbocycles. The van der Waals surface area contributed by atoms with Crippen molar-refractivity contribution in [2.75, 3.05) is 58.6 Å². The van der Waals surface area contributed by atoms with Gasteiger partial charge < -0.3 is 22.2 Å². The Bertz CT molecular complexity index is 426. The Kier molecular flexibility index (Phi) is 10.8. The van der Waals surface area contributed by atoms with Gasteiger partial charge in [-0.1, -0.05) is 0 Å². The summed E-state index contributed by atoms with van der Waals surface area (Å²) in [6.45, 7) is 16.6. The third-order valence-electron chi connectivity index (χ3n) is 3.81.